The zero-order valence-electron chi connectivity index (χ0n) is 13.3. The molecular weight excluding hydrogens is 309 g/mol. The second-order valence-electron chi connectivity index (χ2n) is 6.18. The minimum atomic E-state index is -1.33. The number of fused-ring (bicyclic) bond motifs is 2. The lowest BCUT2D eigenvalue weighted by atomic mass is 10.2. The molecule has 0 spiro atoms. The van der Waals surface area contributed by atoms with Crippen LogP contribution in [-0.2, 0) is 0 Å². The first-order valence-corrected chi connectivity index (χ1v) is 7.57. The maximum Gasteiger partial charge on any atom is 0.224 e. The molecule has 0 aromatic carbocycles. The summed E-state index contributed by atoms with van der Waals surface area (Å²) < 4.78 is 15.3. The van der Waals surface area contributed by atoms with E-state index in [4.69, 9.17) is 0 Å². The van der Waals surface area contributed by atoms with Crippen molar-refractivity contribution in [2.75, 3.05) is 11.9 Å². The third kappa shape index (κ3) is 2.66. The summed E-state index contributed by atoms with van der Waals surface area (Å²) in [5.41, 5.74) is 1.82. The summed E-state index contributed by atoms with van der Waals surface area (Å²) in [6.45, 7) is 3.15. The molecule has 0 amide bonds. The van der Waals surface area contributed by atoms with Gasteiger partial charge < -0.3 is 10.3 Å². The van der Waals surface area contributed by atoms with Crippen molar-refractivity contribution in [3.63, 3.8) is 0 Å². The molecule has 24 heavy (non-hydrogen) atoms. The molecule has 0 aliphatic carbocycles. The van der Waals surface area contributed by atoms with Gasteiger partial charge in [-0.25, -0.2) is 18.9 Å². The summed E-state index contributed by atoms with van der Waals surface area (Å²) in [5, 5.41) is 8.29. The van der Waals surface area contributed by atoms with Gasteiger partial charge in [-0.3, -0.25) is 0 Å². The third-order valence-electron chi connectivity index (χ3n) is 3.63. The predicted octanol–water partition coefficient (Wildman–Crippen LogP) is 2.83. The van der Waals surface area contributed by atoms with Gasteiger partial charge >= 0.3 is 0 Å². The Balaban J connectivity index is 1.69. The lowest BCUT2D eigenvalue weighted by Crippen LogP contribution is -2.25. The van der Waals surface area contributed by atoms with Crippen LogP contribution in [0.3, 0.4) is 0 Å². The van der Waals surface area contributed by atoms with Crippen LogP contribution < -0.4 is 5.32 Å². The summed E-state index contributed by atoms with van der Waals surface area (Å²) in [4.78, 5) is 16.0. The summed E-state index contributed by atoms with van der Waals surface area (Å²) in [7, 11) is 0. The van der Waals surface area contributed by atoms with E-state index in [1.54, 1.807) is 23.1 Å². The maximum absolute atomic E-state index is 13.6. The molecule has 0 aliphatic heterocycles. The van der Waals surface area contributed by atoms with Crippen LogP contribution in [0.2, 0.25) is 0 Å². The zero-order chi connectivity index (χ0) is 16.7. The van der Waals surface area contributed by atoms with Crippen molar-refractivity contribution < 1.29 is 4.39 Å². The molecule has 0 radical (unpaired) electrons. The molecule has 4 heterocycles. The number of hydrogen-bond acceptors (Lipinski definition) is 5. The highest BCUT2D eigenvalue weighted by atomic mass is 19.1. The minimum absolute atomic E-state index is 0.144. The van der Waals surface area contributed by atoms with Gasteiger partial charge in [0.2, 0.25) is 5.95 Å². The Kier molecular flexibility index (Phi) is 3.19. The van der Waals surface area contributed by atoms with Crippen molar-refractivity contribution in [3.8, 4) is 11.3 Å². The Bertz CT molecular complexity index is 1010. The van der Waals surface area contributed by atoms with E-state index in [9.17, 15) is 4.39 Å². The molecule has 122 valence electrons. The number of nitrogens with zero attached hydrogens (tertiary/aromatic N) is 5. The first-order chi connectivity index (χ1) is 11.5. The standard InChI is InChI=1S/C16H16FN7/c1-16(2,17)9-21-15-20-8-11-10(7-19-14(11)22-15)12-3-4-13-18-5-6-24(13)23-12/h3-8H,9H2,1-2H3,(H2,19,20,21,22). The van der Waals surface area contributed by atoms with Crippen LogP contribution in [0.4, 0.5) is 10.3 Å². The Morgan fingerprint density at radius 1 is 1.29 bits per heavy atom. The van der Waals surface area contributed by atoms with E-state index < -0.39 is 5.67 Å². The van der Waals surface area contributed by atoms with Crippen molar-refractivity contribution in [2.24, 2.45) is 0 Å². The summed E-state index contributed by atoms with van der Waals surface area (Å²) >= 11 is 0. The van der Waals surface area contributed by atoms with E-state index in [0.29, 0.717) is 11.6 Å². The summed E-state index contributed by atoms with van der Waals surface area (Å²) in [6.07, 6.45) is 7.05. The average molecular weight is 325 g/mol. The van der Waals surface area contributed by atoms with Crippen LogP contribution in [0.15, 0.2) is 36.9 Å². The Morgan fingerprint density at radius 2 is 2.17 bits per heavy atom. The SMILES string of the molecule is CC(C)(F)CNc1ncc2c(-c3ccc4nccn4n3)c[nH]c2n1. The third-order valence-corrected chi connectivity index (χ3v) is 3.63. The predicted molar refractivity (Wildman–Crippen MR) is 89.5 cm³/mol. The second-order valence-corrected chi connectivity index (χ2v) is 6.18. The van der Waals surface area contributed by atoms with Gasteiger partial charge in [0.25, 0.3) is 0 Å². The summed E-state index contributed by atoms with van der Waals surface area (Å²) in [5.74, 6) is 0.389. The number of H-pyrrole nitrogens is 1. The Hall–Kier alpha value is -3.03. The van der Waals surface area contributed by atoms with Crippen LogP contribution in [0, 0.1) is 0 Å². The van der Waals surface area contributed by atoms with Crippen LogP contribution >= 0.6 is 0 Å². The van der Waals surface area contributed by atoms with Gasteiger partial charge in [-0.2, -0.15) is 10.1 Å². The van der Waals surface area contributed by atoms with Crippen molar-refractivity contribution in [1.29, 1.82) is 0 Å². The van der Waals surface area contributed by atoms with Gasteiger partial charge in [0.15, 0.2) is 5.65 Å². The van der Waals surface area contributed by atoms with E-state index >= 15 is 0 Å². The quantitative estimate of drug-likeness (QED) is 0.603. The fourth-order valence-electron chi connectivity index (χ4n) is 2.45. The van der Waals surface area contributed by atoms with Crippen LogP contribution in [0.1, 0.15) is 13.8 Å². The molecule has 0 bridgehead atoms. The fraction of sp³-hybridized carbons (Fsp3) is 0.250. The van der Waals surface area contributed by atoms with Crippen molar-refractivity contribution >= 4 is 22.6 Å². The van der Waals surface area contributed by atoms with Crippen molar-refractivity contribution in [3.05, 3.63) is 36.9 Å². The average Bonchev–Trinajstić information content (AvgIpc) is 3.17. The molecule has 0 saturated carbocycles. The smallest absolute Gasteiger partial charge is 0.224 e. The molecule has 0 fully saturated rings. The van der Waals surface area contributed by atoms with Crippen molar-refractivity contribution in [1.82, 2.24) is 29.5 Å². The number of anilines is 1. The molecule has 0 atom stereocenters. The second kappa shape index (κ2) is 5.26. The van der Waals surface area contributed by atoms with Gasteiger partial charge in [-0.1, -0.05) is 0 Å². The van der Waals surface area contributed by atoms with E-state index in [-0.39, 0.29) is 6.54 Å². The highest BCUT2D eigenvalue weighted by Crippen LogP contribution is 2.26. The molecule has 0 unspecified atom stereocenters. The topological polar surface area (TPSA) is 83.8 Å². The summed E-state index contributed by atoms with van der Waals surface area (Å²) in [6, 6.07) is 3.81. The monoisotopic (exact) mass is 325 g/mol. The Morgan fingerprint density at radius 3 is 3.00 bits per heavy atom. The number of alkyl halides is 1. The van der Waals surface area contributed by atoms with Gasteiger partial charge in [-0.05, 0) is 26.0 Å². The molecule has 0 aliphatic rings. The van der Waals surface area contributed by atoms with Gasteiger partial charge in [0.1, 0.15) is 11.3 Å². The minimum Gasteiger partial charge on any atom is -0.351 e. The normalized spacial score (nSPS) is 12.1. The van der Waals surface area contributed by atoms with E-state index in [2.05, 4.69) is 30.4 Å². The highest BCUT2D eigenvalue weighted by Gasteiger charge is 2.16. The van der Waals surface area contributed by atoms with E-state index in [1.165, 1.54) is 13.8 Å². The van der Waals surface area contributed by atoms with Crippen LogP contribution in [-0.4, -0.2) is 41.8 Å². The lowest BCUT2D eigenvalue weighted by molar-refractivity contribution is 0.234. The maximum atomic E-state index is 13.6. The zero-order valence-corrected chi connectivity index (χ0v) is 13.3. The molecular formula is C16H16FN7. The molecule has 4 aromatic rings. The number of hydrogen-bond donors (Lipinski definition) is 2. The molecule has 2 N–H and O–H groups in total. The molecule has 0 saturated heterocycles. The first kappa shape index (κ1) is 14.6. The van der Waals surface area contributed by atoms with Gasteiger partial charge in [0, 0.05) is 35.7 Å². The number of nitrogens with one attached hydrogen (secondary N) is 2. The Labute approximate surface area is 137 Å². The van der Waals surface area contributed by atoms with Gasteiger partial charge in [0.05, 0.1) is 12.2 Å². The largest absolute Gasteiger partial charge is 0.351 e. The number of imidazole rings is 1. The van der Waals surface area contributed by atoms with E-state index in [0.717, 1.165) is 22.3 Å². The van der Waals surface area contributed by atoms with Gasteiger partial charge in [-0.15, -0.1) is 0 Å². The number of halogens is 1. The number of rotatable bonds is 4. The lowest BCUT2D eigenvalue weighted by Gasteiger charge is -2.14. The molecule has 4 aromatic heterocycles. The molecule has 7 nitrogen and oxygen atoms in total. The molecule has 8 heteroatoms. The van der Waals surface area contributed by atoms with Crippen LogP contribution in [0.25, 0.3) is 27.9 Å². The first-order valence-electron chi connectivity index (χ1n) is 7.57. The fourth-order valence-corrected chi connectivity index (χ4v) is 2.45. The number of aromatic amines is 1. The van der Waals surface area contributed by atoms with Crippen molar-refractivity contribution in [2.45, 2.75) is 19.5 Å². The number of aromatic nitrogens is 6. The van der Waals surface area contributed by atoms with Crippen LogP contribution in [0.5, 0.6) is 0 Å². The van der Waals surface area contributed by atoms with E-state index in [1.807, 2.05) is 18.3 Å². The molecule has 4 rings (SSSR count). The highest BCUT2D eigenvalue weighted by molar-refractivity contribution is 5.92.